The van der Waals surface area contributed by atoms with E-state index in [1.807, 2.05) is 13.8 Å². The average Bonchev–Trinajstić information content (AvgIpc) is 2.58. The highest BCUT2D eigenvalue weighted by molar-refractivity contribution is 5.01. The summed E-state index contributed by atoms with van der Waals surface area (Å²) < 4.78 is 17.0. The van der Waals surface area contributed by atoms with Crippen LogP contribution in [0.3, 0.4) is 0 Å². The van der Waals surface area contributed by atoms with Crippen LogP contribution in [0.4, 0.5) is 0 Å². The first-order valence-electron chi connectivity index (χ1n) is 5.24. The molecule has 4 heteroatoms. The molecule has 4 nitrogen and oxygen atoms in total. The van der Waals surface area contributed by atoms with Crippen LogP contribution >= 0.6 is 0 Å². The van der Waals surface area contributed by atoms with Crippen LogP contribution in [0.1, 0.15) is 26.7 Å². The van der Waals surface area contributed by atoms with Crippen molar-refractivity contribution in [1.82, 2.24) is 0 Å². The minimum absolute atomic E-state index is 0.118. The Labute approximate surface area is 83.1 Å². The standard InChI is InChI=1S/C10H16O4/c1-10(2)13-7-4-6-5(9(7)14-10)3-8(11)12-6/h5-9,11H,3-4H2,1-2H3/t5-,6-,7-,8+,9+/m0/s1. The molecule has 0 amide bonds. The van der Waals surface area contributed by atoms with Crippen molar-refractivity contribution in [3.8, 4) is 0 Å². The van der Waals surface area contributed by atoms with Gasteiger partial charge in [-0.1, -0.05) is 0 Å². The van der Waals surface area contributed by atoms with Gasteiger partial charge in [0.25, 0.3) is 0 Å². The highest BCUT2D eigenvalue weighted by atomic mass is 16.8. The summed E-state index contributed by atoms with van der Waals surface area (Å²) in [5, 5.41) is 9.37. The lowest BCUT2D eigenvalue weighted by Gasteiger charge is -2.21. The highest BCUT2D eigenvalue weighted by Crippen LogP contribution is 2.47. The fourth-order valence-corrected chi connectivity index (χ4v) is 2.96. The van der Waals surface area contributed by atoms with E-state index in [1.165, 1.54) is 0 Å². The summed E-state index contributed by atoms with van der Waals surface area (Å²) in [6, 6.07) is 0. The van der Waals surface area contributed by atoms with Crippen molar-refractivity contribution in [2.45, 2.75) is 57.1 Å². The summed E-state index contributed by atoms with van der Waals surface area (Å²) >= 11 is 0. The quantitative estimate of drug-likeness (QED) is 0.623. The van der Waals surface area contributed by atoms with Crippen molar-refractivity contribution < 1.29 is 19.3 Å². The number of hydrogen-bond donors (Lipinski definition) is 1. The Morgan fingerprint density at radius 3 is 2.71 bits per heavy atom. The van der Waals surface area contributed by atoms with Crippen LogP contribution in [0.25, 0.3) is 0 Å². The Bertz CT molecular complexity index is 253. The summed E-state index contributed by atoms with van der Waals surface area (Å²) in [4.78, 5) is 0. The Hall–Kier alpha value is -0.160. The van der Waals surface area contributed by atoms with Gasteiger partial charge in [0.1, 0.15) is 0 Å². The van der Waals surface area contributed by atoms with E-state index in [-0.39, 0.29) is 18.3 Å². The first kappa shape index (κ1) is 9.09. The maximum atomic E-state index is 9.37. The van der Waals surface area contributed by atoms with Crippen LogP contribution in [0.5, 0.6) is 0 Å². The molecule has 3 rings (SSSR count). The molecule has 0 unspecified atom stereocenters. The molecule has 1 saturated carbocycles. The number of rotatable bonds is 0. The summed E-state index contributed by atoms with van der Waals surface area (Å²) in [5.74, 6) is -0.148. The van der Waals surface area contributed by atoms with Crippen LogP contribution in [0, 0.1) is 5.92 Å². The summed E-state index contributed by atoms with van der Waals surface area (Å²) in [6.45, 7) is 3.87. The Morgan fingerprint density at radius 1 is 1.14 bits per heavy atom. The largest absolute Gasteiger partial charge is 0.368 e. The van der Waals surface area contributed by atoms with Gasteiger partial charge in [-0.05, 0) is 13.8 Å². The van der Waals surface area contributed by atoms with Gasteiger partial charge < -0.3 is 19.3 Å². The van der Waals surface area contributed by atoms with Crippen molar-refractivity contribution in [2.24, 2.45) is 5.92 Å². The van der Waals surface area contributed by atoms with Gasteiger partial charge in [-0.15, -0.1) is 0 Å². The fourth-order valence-electron chi connectivity index (χ4n) is 2.96. The first-order chi connectivity index (χ1) is 6.55. The molecule has 3 aliphatic rings. The smallest absolute Gasteiger partial charge is 0.163 e. The third-order valence-corrected chi connectivity index (χ3v) is 3.39. The molecule has 80 valence electrons. The molecule has 2 heterocycles. The number of aliphatic hydroxyl groups excluding tert-OH is 1. The van der Waals surface area contributed by atoms with Gasteiger partial charge in [0.15, 0.2) is 12.1 Å². The molecule has 0 radical (unpaired) electrons. The molecule has 2 aliphatic heterocycles. The van der Waals surface area contributed by atoms with Gasteiger partial charge in [0, 0.05) is 18.8 Å². The number of fused-ring (bicyclic) bond motifs is 3. The summed E-state index contributed by atoms with van der Waals surface area (Å²) in [6.07, 6.45) is 1.36. The zero-order valence-corrected chi connectivity index (χ0v) is 8.47. The highest BCUT2D eigenvalue weighted by Gasteiger charge is 2.56. The van der Waals surface area contributed by atoms with E-state index in [0.29, 0.717) is 12.3 Å². The van der Waals surface area contributed by atoms with E-state index < -0.39 is 12.1 Å². The van der Waals surface area contributed by atoms with E-state index in [4.69, 9.17) is 14.2 Å². The summed E-state index contributed by atoms with van der Waals surface area (Å²) in [7, 11) is 0. The minimum Gasteiger partial charge on any atom is -0.368 e. The molecule has 14 heavy (non-hydrogen) atoms. The van der Waals surface area contributed by atoms with Gasteiger partial charge >= 0.3 is 0 Å². The summed E-state index contributed by atoms with van der Waals surface area (Å²) in [5.41, 5.74) is 0. The maximum absolute atomic E-state index is 9.37. The SMILES string of the molecule is CC1(C)O[C@@H]2[C@H]3C[C@H](O)O[C@H]3C[C@@H]2O1. The van der Waals surface area contributed by atoms with E-state index in [0.717, 1.165) is 6.42 Å². The molecule has 0 bridgehead atoms. The maximum Gasteiger partial charge on any atom is 0.163 e. The molecule has 2 saturated heterocycles. The molecule has 0 spiro atoms. The molecule has 3 fully saturated rings. The van der Waals surface area contributed by atoms with Gasteiger partial charge in [-0.3, -0.25) is 0 Å². The molecule has 0 aromatic heterocycles. The predicted molar refractivity (Wildman–Crippen MR) is 47.4 cm³/mol. The van der Waals surface area contributed by atoms with E-state index in [9.17, 15) is 5.11 Å². The zero-order valence-electron chi connectivity index (χ0n) is 8.47. The third kappa shape index (κ3) is 1.21. The number of hydrogen-bond acceptors (Lipinski definition) is 4. The van der Waals surface area contributed by atoms with Crippen molar-refractivity contribution in [3.63, 3.8) is 0 Å². The molecule has 0 aromatic rings. The Kier molecular flexibility index (Phi) is 1.75. The molecular formula is C10H16O4. The molecular weight excluding hydrogens is 184 g/mol. The minimum atomic E-state index is -0.599. The van der Waals surface area contributed by atoms with Crippen LogP contribution in [-0.4, -0.2) is 35.5 Å². The number of ether oxygens (including phenoxy) is 3. The van der Waals surface area contributed by atoms with Crippen molar-refractivity contribution in [2.75, 3.05) is 0 Å². The average molecular weight is 200 g/mol. The second-order valence-corrected chi connectivity index (χ2v) is 4.90. The van der Waals surface area contributed by atoms with E-state index in [2.05, 4.69) is 0 Å². The predicted octanol–water partition coefficient (Wildman–Crippen LogP) is 0.634. The van der Waals surface area contributed by atoms with Gasteiger partial charge in [0.05, 0.1) is 18.3 Å². The zero-order chi connectivity index (χ0) is 9.92. The van der Waals surface area contributed by atoms with Crippen LogP contribution in [0.15, 0.2) is 0 Å². The van der Waals surface area contributed by atoms with E-state index in [1.54, 1.807) is 0 Å². The van der Waals surface area contributed by atoms with Crippen molar-refractivity contribution in [3.05, 3.63) is 0 Å². The second kappa shape index (κ2) is 2.70. The number of aliphatic hydroxyl groups is 1. The lowest BCUT2D eigenvalue weighted by molar-refractivity contribution is -0.164. The third-order valence-electron chi connectivity index (χ3n) is 3.39. The van der Waals surface area contributed by atoms with E-state index >= 15 is 0 Å². The van der Waals surface area contributed by atoms with Crippen molar-refractivity contribution >= 4 is 0 Å². The lowest BCUT2D eigenvalue weighted by Crippen LogP contribution is -2.27. The van der Waals surface area contributed by atoms with Crippen LogP contribution in [-0.2, 0) is 14.2 Å². The molecule has 1 aliphatic carbocycles. The Morgan fingerprint density at radius 2 is 1.93 bits per heavy atom. The van der Waals surface area contributed by atoms with Crippen LogP contribution in [0.2, 0.25) is 0 Å². The van der Waals surface area contributed by atoms with Crippen molar-refractivity contribution in [1.29, 1.82) is 0 Å². The lowest BCUT2D eigenvalue weighted by atomic mass is 10.0. The molecule has 1 N–H and O–H groups in total. The first-order valence-corrected chi connectivity index (χ1v) is 5.24. The monoisotopic (exact) mass is 200 g/mol. The normalized spacial score (nSPS) is 54.6. The molecule has 0 aromatic carbocycles. The second-order valence-electron chi connectivity index (χ2n) is 4.90. The topological polar surface area (TPSA) is 47.9 Å². The van der Waals surface area contributed by atoms with Gasteiger partial charge in [0.2, 0.25) is 0 Å². The van der Waals surface area contributed by atoms with Gasteiger partial charge in [-0.25, -0.2) is 0 Å². The van der Waals surface area contributed by atoms with Crippen LogP contribution < -0.4 is 0 Å². The fraction of sp³-hybridized carbons (Fsp3) is 1.00. The molecule has 5 atom stereocenters. The Balaban J connectivity index is 1.78. The van der Waals surface area contributed by atoms with Gasteiger partial charge in [-0.2, -0.15) is 0 Å².